The quantitative estimate of drug-likeness (QED) is 0.437. The zero-order valence-electron chi connectivity index (χ0n) is 9.42. The van der Waals surface area contributed by atoms with E-state index in [2.05, 4.69) is 21.4 Å². The van der Waals surface area contributed by atoms with E-state index in [1.54, 1.807) is 13.0 Å². The third-order valence-electron chi connectivity index (χ3n) is 2.14. The van der Waals surface area contributed by atoms with Crippen LogP contribution in [0.15, 0.2) is 21.8 Å². The van der Waals surface area contributed by atoms with E-state index in [0.29, 0.717) is 13.1 Å². The molecule has 1 rings (SSSR count). The lowest BCUT2D eigenvalue weighted by Gasteiger charge is -2.29. The molecular weight excluding hydrogens is 242 g/mol. The van der Waals surface area contributed by atoms with E-state index in [1.807, 2.05) is 0 Å². The van der Waals surface area contributed by atoms with Crippen LogP contribution in [0.3, 0.4) is 0 Å². The van der Waals surface area contributed by atoms with Gasteiger partial charge < -0.3 is 0 Å². The smallest absolute Gasteiger partial charge is 0.238 e. The van der Waals surface area contributed by atoms with Crippen LogP contribution in [0.4, 0.5) is 0 Å². The molecule has 17 heavy (non-hydrogen) atoms. The Morgan fingerprint density at radius 3 is 2.59 bits per heavy atom. The summed E-state index contributed by atoms with van der Waals surface area (Å²) in [6.45, 7) is 5.79. The maximum absolute atomic E-state index is 11.7. The van der Waals surface area contributed by atoms with Crippen LogP contribution in [0.2, 0.25) is 0 Å². The van der Waals surface area contributed by atoms with Crippen LogP contribution in [0.5, 0.6) is 0 Å². The number of hydrogen-bond acceptors (Lipinski definition) is 4. The molecule has 0 aliphatic carbocycles. The minimum Gasteiger partial charge on any atom is -0.238 e. The Hall–Kier alpha value is -1.72. The summed E-state index contributed by atoms with van der Waals surface area (Å²) >= 11 is 0. The van der Waals surface area contributed by atoms with Crippen molar-refractivity contribution in [3.63, 3.8) is 0 Å². The van der Waals surface area contributed by atoms with E-state index in [0.717, 1.165) is 6.42 Å². The molecular formula is C9H13N5O2S. The summed E-state index contributed by atoms with van der Waals surface area (Å²) in [6, 6.07) is 1.80. The van der Waals surface area contributed by atoms with Crippen LogP contribution in [-0.2, 0) is 10.2 Å². The van der Waals surface area contributed by atoms with Gasteiger partial charge >= 0.3 is 10.2 Å². The summed E-state index contributed by atoms with van der Waals surface area (Å²) < 4.78 is 26.8. The van der Waals surface area contributed by atoms with Gasteiger partial charge in [0.1, 0.15) is 11.8 Å². The van der Waals surface area contributed by atoms with Gasteiger partial charge in [0.2, 0.25) is 5.96 Å². The maximum Gasteiger partial charge on any atom is 0.303 e. The summed E-state index contributed by atoms with van der Waals surface area (Å²) in [6.07, 6.45) is 2.29. The number of hydrogen-bond donors (Lipinski definition) is 1. The van der Waals surface area contributed by atoms with E-state index in [9.17, 15) is 8.42 Å². The molecule has 92 valence electrons. The fourth-order valence-electron chi connectivity index (χ4n) is 1.07. The van der Waals surface area contributed by atoms with Crippen LogP contribution in [-0.4, -0.2) is 38.5 Å². The van der Waals surface area contributed by atoms with Crippen LogP contribution < -0.4 is 4.72 Å². The van der Waals surface area contributed by atoms with Gasteiger partial charge in [-0.25, -0.2) is 14.7 Å². The first-order valence-corrected chi connectivity index (χ1v) is 6.37. The number of nitrogens with zero attached hydrogens (tertiary/aromatic N) is 4. The Morgan fingerprint density at radius 1 is 1.59 bits per heavy atom. The van der Waals surface area contributed by atoms with E-state index < -0.39 is 10.2 Å². The monoisotopic (exact) mass is 255 g/mol. The first-order chi connectivity index (χ1) is 8.03. The fourth-order valence-corrected chi connectivity index (χ4v) is 2.28. The summed E-state index contributed by atoms with van der Waals surface area (Å²) in [7, 11) is -3.61. The molecule has 0 atom stereocenters. The molecule has 0 aromatic rings. The lowest BCUT2D eigenvalue weighted by Crippen LogP contribution is -2.49. The van der Waals surface area contributed by atoms with Gasteiger partial charge in [-0.2, -0.15) is 18.0 Å². The van der Waals surface area contributed by atoms with Gasteiger partial charge in [-0.3, -0.25) is 0 Å². The van der Waals surface area contributed by atoms with Crippen LogP contribution in [0.25, 0.3) is 0 Å². The molecule has 8 heteroatoms. The molecule has 0 aromatic heterocycles. The van der Waals surface area contributed by atoms with Crippen LogP contribution >= 0.6 is 0 Å². The Bertz CT molecular complexity index is 496. The van der Waals surface area contributed by atoms with Crippen molar-refractivity contribution in [2.45, 2.75) is 13.3 Å². The second-order valence-corrected chi connectivity index (χ2v) is 4.91. The molecule has 0 bridgehead atoms. The van der Waals surface area contributed by atoms with Gasteiger partial charge in [-0.05, 0) is 20.1 Å². The van der Waals surface area contributed by atoms with Crippen molar-refractivity contribution < 1.29 is 8.42 Å². The molecule has 1 aliphatic rings. The fraction of sp³-hybridized carbons (Fsp3) is 0.444. The topological polar surface area (TPSA) is 97.9 Å². The number of rotatable bonds is 3. The molecule has 7 nitrogen and oxygen atoms in total. The SMILES string of the molecule is C=N/C(=N\C(C#N)=C/C)NS(=O)(=O)N1CCC1. The Morgan fingerprint density at radius 2 is 2.24 bits per heavy atom. The maximum atomic E-state index is 11.7. The van der Waals surface area contributed by atoms with E-state index in [-0.39, 0.29) is 11.7 Å². The molecule has 1 fully saturated rings. The van der Waals surface area contributed by atoms with Gasteiger partial charge in [-0.15, -0.1) is 0 Å². The molecule has 1 saturated heterocycles. The van der Waals surface area contributed by atoms with Gasteiger partial charge in [-0.1, -0.05) is 6.08 Å². The van der Waals surface area contributed by atoms with Gasteiger partial charge in [0, 0.05) is 13.1 Å². The van der Waals surface area contributed by atoms with E-state index >= 15 is 0 Å². The minimum atomic E-state index is -3.61. The average molecular weight is 255 g/mol. The van der Waals surface area contributed by atoms with Crippen molar-refractivity contribution in [3.05, 3.63) is 11.8 Å². The van der Waals surface area contributed by atoms with Crippen molar-refractivity contribution in [2.75, 3.05) is 13.1 Å². The van der Waals surface area contributed by atoms with E-state index in [1.165, 1.54) is 10.4 Å². The summed E-state index contributed by atoms with van der Waals surface area (Å²) in [4.78, 5) is 7.17. The molecule has 0 radical (unpaired) electrons. The lowest BCUT2D eigenvalue weighted by atomic mass is 10.3. The predicted molar refractivity (Wildman–Crippen MR) is 64.6 cm³/mol. The first kappa shape index (κ1) is 13.3. The van der Waals surface area contributed by atoms with E-state index in [4.69, 9.17) is 5.26 Å². The minimum absolute atomic E-state index is 0.0682. The highest BCUT2D eigenvalue weighted by molar-refractivity contribution is 7.87. The van der Waals surface area contributed by atoms with Crippen molar-refractivity contribution in [1.29, 1.82) is 5.26 Å². The molecule has 1 N–H and O–H groups in total. The number of allylic oxidation sites excluding steroid dienone is 2. The molecule has 0 saturated carbocycles. The molecule has 0 aromatic carbocycles. The summed E-state index contributed by atoms with van der Waals surface area (Å²) in [5.41, 5.74) is 0.0682. The largest absolute Gasteiger partial charge is 0.303 e. The standard InChI is InChI=1S/C9H13N5O2S/c1-3-8(7-10)12-9(11-2)13-17(15,16)14-5-4-6-14/h3H,2,4-6H2,1H3,(H,12,13)/b8-3-. The Balaban J connectivity index is 2.84. The third kappa shape index (κ3) is 3.37. The van der Waals surface area contributed by atoms with Crippen molar-refractivity contribution >= 4 is 22.9 Å². The normalized spacial score (nSPS) is 18.1. The molecule has 0 amide bonds. The lowest BCUT2D eigenvalue weighted by molar-refractivity contribution is 0.307. The predicted octanol–water partition coefficient (Wildman–Crippen LogP) is 0.0105. The highest BCUT2D eigenvalue weighted by Gasteiger charge is 2.28. The van der Waals surface area contributed by atoms with Crippen LogP contribution in [0, 0.1) is 11.3 Å². The molecule has 1 aliphatic heterocycles. The summed E-state index contributed by atoms with van der Waals surface area (Å²) in [5, 5.41) is 8.66. The molecule has 1 heterocycles. The zero-order valence-corrected chi connectivity index (χ0v) is 10.2. The second kappa shape index (κ2) is 5.56. The van der Waals surface area contributed by atoms with Gasteiger partial charge in [0.15, 0.2) is 0 Å². The third-order valence-corrected chi connectivity index (χ3v) is 3.62. The Labute approximate surface area is 100 Å². The van der Waals surface area contributed by atoms with Gasteiger partial charge in [0.25, 0.3) is 0 Å². The number of nitriles is 1. The van der Waals surface area contributed by atoms with Crippen molar-refractivity contribution in [1.82, 2.24) is 9.03 Å². The highest BCUT2D eigenvalue weighted by Crippen LogP contribution is 2.10. The number of aliphatic imine (C=N–C) groups is 2. The summed E-state index contributed by atoms with van der Waals surface area (Å²) in [5.74, 6) is -0.202. The number of guanidine groups is 1. The molecule has 0 spiro atoms. The average Bonchev–Trinajstić information content (AvgIpc) is 2.20. The molecule has 0 unspecified atom stereocenters. The first-order valence-electron chi connectivity index (χ1n) is 4.93. The van der Waals surface area contributed by atoms with Crippen molar-refractivity contribution in [3.8, 4) is 6.07 Å². The van der Waals surface area contributed by atoms with Gasteiger partial charge in [0.05, 0.1) is 0 Å². The highest BCUT2D eigenvalue weighted by atomic mass is 32.2. The Kier molecular flexibility index (Phi) is 4.37. The number of nitrogens with one attached hydrogen (secondary N) is 1. The van der Waals surface area contributed by atoms with Crippen LogP contribution in [0.1, 0.15) is 13.3 Å². The van der Waals surface area contributed by atoms with Crippen molar-refractivity contribution in [2.24, 2.45) is 9.98 Å². The zero-order chi connectivity index (χ0) is 12.9. The second-order valence-electron chi connectivity index (χ2n) is 3.24.